The molecule has 1 aromatic rings. The summed E-state index contributed by atoms with van der Waals surface area (Å²) >= 11 is 0. The molecule has 0 aliphatic carbocycles. The Morgan fingerprint density at radius 1 is 1.35 bits per heavy atom. The van der Waals surface area contributed by atoms with Gasteiger partial charge in [-0.05, 0) is 19.1 Å². The van der Waals surface area contributed by atoms with Gasteiger partial charge < -0.3 is 10.1 Å². The van der Waals surface area contributed by atoms with Crippen molar-refractivity contribution in [2.75, 3.05) is 13.2 Å². The minimum Gasteiger partial charge on any atom is -0.378 e. The maximum Gasteiger partial charge on any atom is 0.133 e. The summed E-state index contributed by atoms with van der Waals surface area (Å²) in [4.78, 5) is 0. The van der Waals surface area contributed by atoms with Crippen LogP contribution < -0.4 is 5.32 Å². The molecule has 2 rings (SSSR count). The molecule has 0 amide bonds. The number of benzene rings is 1. The average Bonchev–Trinajstić information content (AvgIpc) is 2.28. The zero-order chi connectivity index (χ0) is 12.3. The molecule has 0 aromatic heterocycles. The van der Waals surface area contributed by atoms with Gasteiger partial charge in [0, 0.05) is 23.7 Å². The molecule has 2 atom stereocenters. The quantitative estimate of drug-likeness (QED) is 0.855. The van der Waals surface area contributed by atoms with Gasteiger partial charge in [-0.3, -0.25) is 0 Å². The van der Waals surface area contributed by atoms with Crippen molar-refractivity contribution in [3.63, 3.8) is 0 Å². The maximum absolute atomic E-state index is 13.3. The fourth-order valence-corrected chi connectivity index (χ4v) is 1.80. The Morgan fingerprint density at radius 2 is 2.18 bits per heavy atom. The standard InChI is InChI=1S/C13H15F2NO/c1-9-7-17-8-12(16-9)5-3-10-2-4-11(14)6-13(10)15/h2-6,9,12,16H,7-8H2,1H3/b5-3+. The van der Waals surface area contributed by atoms with Crippen LogP contribution in [0, 0.1) is 11.6 Å². The van der Waals surface area contributed by atoms with Crippen LogP contribution in [0.1, 0.15) is 12.5 Å². The van der Waals surface area contributed by atoms with E-state index >= 15 is 0 Å². The average molecular weight is 239 g/mol. The highest BCUT2D eigenvalue weighted by Gasteiger charge is 2.15. The first-order valence-corrected chi connectivity index (χ1v) is 5.62. The highest BCUT2D eigenvalue weighted by Crippen LogP contribution is 2.12. The van der Waals surface area contributed by atoms with Gasteiger partial charge in [-0.1, -0.05) is 12.2 Å². The molecule has 0 bridgehead atoms. The third-order valence-corrected chi connectivity index (χ3v) is 2.63. The summed E-state index contributed by atoms with van der Waals surface area (Å²) in [5, 5.41) is 3.31. The van der Waals surface area contributed by atoms with Gasteiger partial charge in [-0.2, -0.15) is 0 Å². The van der Waals surface area contributed by atoms with E-state index in [1.807, 2.05) is 13.0 Å². The summed E-state index contributed by atoms with van der Waals surface area (Å²) in [6, 6.07) is 3.91. The van der Waals surface area contributed by atoms with Gasteiger partial charge in [0.2, 0.25) is 0 Å². The largest absolute Gasteiger partial charge is 0.378 e. The summed E-state index contributed by atoms with van der Waals surface area (Å²) in [5.41, 5.74) is 0.381. The number of hydrogen-bond donors (Lipinski definition) is 1. The minimum atomic E-state index is -0.563. The molecule has 4 heteroatoms. The summed E-state index contributed by atoms with van der Waals surface area (Å²) in [7, 11) is 0. The van der Waals surface area contributed by atoms with Crippen molar-refractivity contribution in [1.82, 2.24) is 5.32 Å². The molecular formula is C13H15F2NO. The third-order valence-electron chi connectivity index (χ3n) is 2.63. The monoisotopic (exact) mass is 239 g/mol. The number of ether oxygens (including phenoxy) is 1. The van der Waals surface area contributed by atoms with Crippen molar-refractivity contribution in [2.24, 2.45) is 0 Å². The van der Waals surface area contributed by atoms with Crippen LogP contribution in [-0.4, -0.2) is 25.3 Å². The summed E-state index contributed by atoms with van der Waals surface area (Å²) in [6.07, 6.45) is 3.49. The van der Waals surface area contributed by atoms with E-state index in [0.717, 1.165) is 6.07 Å². The number of rotatable bonds is 2. The molecule has 1 N–H and O–H groups in total. The van der Waals surface area contributed by atoms with Gasteiger partial charge in [0.05, 0.1) is 13.2 Å². The SMILES string of the molecule is CC1COCC(/C=C/c2ccc(F)cc2F)N1. The van der Waals surface area contributed by atoms with Crippen molar-refractivity contribution < 1.29 is 13.5 Å². The first kappa shape index (κ1) is 12.2. The fourth-order valence-electron chi connectivity index (χ4n) is 1.80. The Hall–Kier alpha value is -1.26. The van der Waals surface area contributed by atoms with E-state index in [0.29, 0.717) is 18.8 Å². The Bertz CT molecular complexity index is 420. The van der Waals surface area contributed by atoms with Gasteiger partial charge in [0.1, 0.15) is 11.6 Å². The Labute approximate surface area is 99.3 Å². The molecule has 1 heterocycles. The van der Waals surface area contributed by atoms with Crippen LogP contribution in [-0.2, 0) is 4.74 Å². The van der Waals surface area contributed by atoms with E-state index < -0.39 is 11.6 Å². The van der Waals surface area contributed by atoms with Crippen LogP contribution in [0.4, 0.5) is 8.78 Å². The maximum atomic E-state index is 13.3. The van der Waals surface area contributed by atoms with Crippen molar-refractivity contribution in [3.8, 4) is 0 Å². The zero-order valence-corrected chi connectivity index (χ0v) is 9.62. The van der Waals surface area contributed by atoms with Gasteiger partial charge in [0.15, 0.2) is 0 Å². The highest BCUT2D eigenvalue weighted by molar-refractivity contribution is 5.50. The molecule has 1 fully saturated rings. The molecule has 1 aliphatic heterocycles. The topological polar surface area (TPSA) is 21.3 Å². The number of morpholine rings is 1. The van der Waals surface area contributed by atoms with E-state index in [9.17, 15) is 8.78 Å². The predicted octanol–water partition coefficient (Wildman–Crippen LogP) is 2.35. The van der Waals surface area contributed by atoms with Gasteiger partial charge in [-0.15, -0.1) is 0 Å². The Morgan fingerprint density at radius 3 is 2.88 bits per heavy atom. The highest BCUT2D eigenvalue weighted by atomic mass is 19.1. The van der Waals surface area contributed by atoms with Crippen molar-refractivity contribution in [3.05, 3.63) is 41.5 Å². The lowest BCUT2D eigenvalue weighted by molar-refractivity contribution is 0.0637. The summed E-state index contributed by atoms with van der Waals surface area (Å²) in [6.45, 7) is 3.29. The van der Waals surface area contributed by atoms with Crippen LogP contribution >= 0.6 is 0 Å². The molecule has 1 saturated heterocycles. The van der Waals surface area contributed by atoms with Crippen LogP contribution in [0.2, 0.25) is 0 Å². The van der Waals surface area contributed by atoms with E-state index in [-0.39, 0.29) is 12.1 Å². The predicted molar refractivity (Wildman–Crippen MR) is 62.6 cm³/mol. The van der Waals surface area contributed by atoms with Gasteiger partial charge in [-0.25, -0.2) is 8.78 Å². The normalized spacial score (nSPS) is 25.4. The smallest absolute Gasteiger partial charge is 0.133 e. The first-order valence-electron chi connectivity index (χ1n) is 5.62. The molecule has 17 heavy (non-hydrogen) atoms. The first-order chi connectivity index (χ1) is 8.15. The van der Waals surface area contributed by atoms with Gasteiger partial charge in [0.25, 0.3) is 0 Å². The molecule has 2 nitrogen and oxygen atoms in total. The molecule has 92 valence electrons. The van der Waals surface area contributed by atoms with Gasteiger partial charge >= 0.3 is 0 Å². The van der Waals surface area contributed by atoms with Crippen LogP contribution in [0.5, 0.6) is 0 Å². The number of nitrogens with one attached hydrogen (secondary N) is 1. The lowest BCUT2D eigenvalue weighted by Gasteiger charge is -2.26. The molecule has 0 spiro atoms. The lowest BCUT2D eigenvalue weighted by Crippen LogP contribution is -2.46. The molecular weight excluding hydrogens is 224 g/mol. The van der Waals surface area contributed by atoms with Crippen LogP contribution in [0.25, 0.3) is 6.08 Å². The third kappa shape index (κ3) is 3.35. The molecule has 1 aromatic carbocycles. The number of hydrogen-bond acceptors (Lipinski definition) is 2. The molecule has 1 aliphatic rings. The second-order valence-corrected chi connectivity index (χ2v) is 4.24. The van der Waals surface area contributed by atoms with Crippen LogP contribution in [0.15, 0.2) is 24.3 Å². The second kappa shape index (κ2) is 5.38. The second-order valence-electron chi connectivity index (χ2n) is 4.24. The fraction of sp³-hybridized carbons (Fsp3) is 0.385. The van der Waals surface area contributed by atoms with Crippen molar-refractivity contribution >= 4 is 6.08 Å². The Kier molecular flexibility index (Phi) is 3.86. The number of halogens is 2. The van der Waals surface area contributed by atoms with E-state index in [4.69, 9.17) is 4.74 Å². The summed E-state index contributed by atoms with van der Waals surface area (Å²) < 4.78 is 31.4. The van der Waals surface area contributed by atoms with Crippen molar-refractivity contribution in [1.29, 1.82) is 0 Å². The zero-order valence-electron chi connectivity index (χ0n) is 9.62. The molecule has 0 radical (unpaired) electrons. The lowest BCUT2D eigenvalue weighted by atomic mass is 10.1. The Balaban J connectivity index is 2.04. The molecule has 2 unspecified atom stereocenters. The van der Waals surface area contributed by atoms with Crippen molar-refractivity contribution in [2.45, 2.75) is 19.0 Å². The van der Waals surface area contributed by atoms with E-state index in [2.05, 4.69) is 5.32 Å². The molecule has 0 saturated carbocycles. The van der Waals surface area contributed by atoms with Crippen LogP contribution in [0.3, 0.4) is 0 Å². The van der Waals surface area contributed by atoms with E-state index in [1.54, 1.807) is 6.08 Å². The van der Waals surface area contributed by atoms with E-state index in [1.165, 1.54) is 12.1 Å². The minimum absolute atomic E-state index is 0.0724. The summed E-state index contributed by atoms with van der Waals surface area (Å²) in [5.74, 6) is -1.11.